The van der Waals surface area contributed by atoms with Crippen LogP contribution >= 0.6 is 11.6 Å². The van der Waals surface area contributed by atoms with E-state index in [9.17, 15) is 4.39 Å². The molecule has 1 aromatic carbocycles. The second kappa shape index (κ2) is 5.01. The van der Waals surface area contributed by atoms with Crippen LogP contribution in [-0.4, -0.2) is 30.0 Å². The van der Waals surface area contributed by atoms with Crippen LogP contribution in [0.15, 0.2) is 30.5 Å². The lowest BCUT2D eigenvalue weighted by Gasteiger charge is -2.03. The molecule has 20 heavy (non-hydrogen) atoms. The first-order valence-corrected chi connectivity index (χ1v) is 6.35. The van der Waals surface area contributed by atoms with Crippen molar-refractivity contribution in [2.75, 3.05) is 0 Å². The maximum atomic E-state index is 13.8. The minimum atomic E-state index is -0.408. The van der Waals surface area contributed by atoms with Crippen LogP contribution in [0.1, 0.15) is 6.92 Å². The van der Waals surface area contributed by atoms with E-state index < -0.39 is 5.82 Å². The van der Waals surface area contributed by atoms with E-state index >= 15 is 0 Å². The molecule has 2 heterocycles. The van der Waals surface area contributed by atoms with E-state index in [4.69, 9.17) is 11.6 Å². The predicted octanol–water partition coefficient (Wildman–Crippen LogP) is 2.34. The van der Waals surface area contributed by atoms with Crippen LogP contribution in [0.5, 0.6) is 0 Å². The van der Waals surface area contributed by atoms with Crippen LogP contribution in [0, 0.1) is 5.82 Å². The predicted molar refractivity (Wildman–Crippen MR) is 71.0 cm³/mol. The number of hydrogen-bond acceptors (Lipinski definition) is 4. The Morgan fingerprint density at radius 1 is 1.30 bits per heavy atom. The van der Waals surface area contributed by atoms with Crippen molar-refractivity contribution in [3.8, 4) is 17.1 Å². The highest BCUT2D eigenvalue weighted by Crippen LogP contribution is 2.27. The first-order valence-electron chi connectivity index (χ1n) is 5.97. The Hall–Kier alpha value is -2.28. The fourth-order valence-electron chi connectivity index (χ4n) is 1.76. The minimum Gasteiger partial charge on any atom is -0.218 e. The largest absolute Gasteiger partial charge is 0.218 e. The summed E-state index contributed by atoms with van der Waals surface area (Å²) in [7, 11) is 0. The van der Waals surface area contributed by atoms with Crippen molar-refractivity contribution in [2.45, 2.75) is 13.5 Å². The van der Waals surface area contributed by atoms with Gasteiger partial charge >= 0.3 is 0 Å². The van der Waals surface area contributed by atoms with Crippen molar-refractivity contribution in [3.63, 3.8) is 0 Å². The number of para-hydroxylation sites is 1. The van der Waals surface area contributed by atoms with Crippen molar-refractivity contribution >= 4 is 11.6 Å². The van der Waals surface area contributed by atoms with Gasteiger partial charge in [0.25, 0.3) is 0 Å². The maximum absolute atomic E-state index is 13.8. The summed E-state index contributed by atoms with van der Waals surface area (Å²) < 4.78 is 15.1. The zero-order chi connectivity index (χ0) is 14.1. The molecule has 2 aromatic heterocycles. The number of hydrogen-bond donors (Lipinski definition) is 0. The monoisotopic (exact) mass is 292 g/mol. The number of rotatable bonds is 3. The summed E-state index contributed by atoms with van der Waals surface area (Å²) >= 11 is 6.23. The van der Waals surface area contributed by atoms with Gasteiger partial charge in [0.1, 0.15) is 16.7 Å². The summed E-state index contributed by atoms with van der Waals surface area (Å²) in [4.78, 5) is 1.44. The average Bonchev–Trinajstić information content (AvgIpc) is 3.06. The van der Waals surface area contributed by atoms with Crippen molar-refractivity contribution in [3.05, 3.63) is 41.4 Å². The lowest BCUT2D eigenvalue weighted by molar-refractivity contribution is 0.553. The number of aryl methyl sites for hydroxylation is 1. The van der Waals surface area contributed by atoms with Crippen molar-refractivity contribution in [1.29, 1.82) is 0 Å². The molecular formula is C12H10ClFN6. The molecule has 0 aliphatic heterocycles. The molecule has 8 heteroatoms. The fourth-order valence-corrected chi connectivity index (χ4v) is 2.03. The Labute approximate surface area is 118 Å². The van der Waals surface area contributed by atoms with Crippen molar-refractivity contribution in [1.82, 2.24) is 30.0 Å². The van der Waals surface area contributed by atoms with Crippen molar-refractivity contribution < 1.29 is 4.39 Å². The smallest absolute Gasteiger partial charge is 0.209 e. The van der Waals surface area contributed by atoms with Gasteiger partial charge in [-0.05, 0) is 24.3 Å². The van der Waals surface area contributed by atoms with Gasteiger partial charge < -0.3 is 0 Å². The Morgan fingerprint density at radius 3 is 2.80 bits per heavy atom. The second-order valence-corrected chi connectivity index (χ2v) is 4.37. The standard InChI is InChI=1S/C12H10ClFN6/c1-2-19-17-12(16-18-19)8-7-15-20(11(8)13)10-6-4-3-5-9(10)14/h3-7H,2H2,1H3. The van der Waals surface area contributed by atoms with Crippen LogP contribution < -0.4 is 0 Å². The number of tetrazole rings is 1. The summed E-state index contributed by atoms with van der Waals surface area (Å²) in [6, 6.07) is 6.25. The molecule has 6 nitrogen and oxygen atoms in total. The van der Waals surface area contributed by atoms with Gasteiger partial charge in [-0.2, -0.15) is 9.90 Å². The lowest BCUT2D eigenvalue weighted by atomic mass is 10.3. The topological polar surface area (TPSA) is 61.4 Å². The van der Waals surface area contributed by atoms with Gasteiger partial charge in [-0.3, -0.25) is 0 Å². The summed E-state index contributed by atoms with van der Waals surface area (Å²) in [6.07, 6.45) is 1.49. The zero-order valence-electron chi connectivity index (χ0n) is 10.5. The maximum Gasteiger partial charge on any atom is 0.209 e. The molecule has 3 aromatic rings. The van der Waals surface area contributed by atoms with Crippen LogP contribution in [0.3, 0.4) is 0 Å². The Morgan fingerprint density at radius 2 is 2.10 bits per heavy atom. The number of benzene rings is 1. The third-order valence-electron chi connectivity index (χ3n) is 2.77. The van der Waals surface area contributed by atoms with Crippen molar-refractivity contribution in [2.24, 2.45) is 0 Å². The summed E-state index contributed by atoms with van der Waals surface area (Å²) in [5.41, 5.74) is 0.779. The number of nitrogens with zero attached hydrogens (tertiary/aromatic N) is 6. The highest BCUT2D eigenvalue weighted by atomic mass is 35.5. The van der Waals surface area contributed by atoms with Gasteiger partial charge in [-0.15, -0.1) is 10.2 Å². The van der Waals surface area contributed by atoms with E-state index in [0.29, 0.717) is 17.9 Å². The molecule has 0 amide bonds. The first kappa shape index (κ1) is 12.7. The van der Waals surface area contributed by atoms with E-state index in [1.807, 2.05) is 6.92 Å². The van der Waals surface area contributed by atoms with Crippen LogP contribution in [0.25, 0.3) is 17.1 Å². The lowest BCUT2D eigenvalue weighted by Crippen LogP contribution is -1.99. The zero-order valence-corrected chi connectivity index (χ0v) is 11.3. The van der Waals surface area contributed by atoms with E-state index in [0.717, 1.165) is 0 Å². The van der Waals surface area contributed by atoms with Crippen LogP contribution in [-0.2, 0) is 6.54 Å². The Balaban J connectivity index is 2.07. The molecule has 0 aliphatic rings. The Kier molecular flexibility index (Phi) is 3.19. The molecule has 0 bridgehead atoms. The molecule has 0 N–H and O–H groups in total. The van der Waals surface area contributed by atoms with E-state index in [1.165, 1.54) is 21.7 Å². The molecule has 0 saturated carbocycles. The minimum absolute atomic E-state index is 0.241. The second-order valence-electron chi connectivity index (χ2n) is 4.01. The average molecular weight is 293 g/mol. The quantitative estimate of drug-likeness (QED) is 0.743. The van der Waals surface area contributed by atoms with Gasteiger partial charge in [-0.25, -0.2) is 9.07 Å². The molecular weight excluding hydrogens is 283 g/mol. The molecule has 0 saturated heterocycles. The highest BCUT2D eigenvalue weighted by Gasteiger charge is 2.17. The summed E-state index contributed by atoms with van der Waals surface area (Å²) in [6.45, 7) is 2.50. The molecule has 0 unspecified atom stereocenters. The first-order chi connectivity index (χ1) is 9.70. The fraction of sp³-hybridized carbons (Fsp3) is 0.167. The van der Waals surface area contributed by atoms with Gasteiger partial charge in [0.15, 0.2) is 0 Å². The van der Waals surface area contributed by atoms with Gasteiger partial charge in [0, 0.05) is 0 Å². The van der Waals surface area contributed by atoms with Gasteiger partial charge in [0.2, 0.25) is 5.82 Å². The summed E-state index contributed by atoms with van der Waals surface area (Å²) in [5.74, 6) is -0.0475. The number of halogens is 2. The highest BCUT2D eigenvalue weighted by molar-refractivity contribution is 6.32. The number of aromatic nitrogens is 6. The SMILES string of the molecule is CCn1nnc(-c2cnn(-c3ccccc3F)c2Cl)n1. The van der Waals surface area contributed by atoms with E-state index in [1.54, 1.807) is 18.2 Å². The molecule has 102 valence electrons. The van der Waals surface area contributed by atoms with E-state index in [2.05, 4.69) is 20.5 Å². The molecule has 0 radical (unpaired) electrons. The molecule has 0 fully saturated rings. The summed E-state index contributed by atoms with van der Waals surface area (Å²) in [5, 5.41) is 16.2. The van der Waals surface area contributed by atoms with Gasteiger partial charge in [0.05, 0.1) is 18.3 Å². The van der Waals surface area contributed by atoms with Gasteiger partial charge in [-0.1, -0.05) is 23.7 Å². The Bertz CT molecular complexity index is 750. The third-order valence-corrected chi connectivity index (χ3v) is 3.13. The van der Waals surface area contributed by atoms with E-state index in [-0.39, 0.29) is 10.8 Å². The third kappa shape index (κ3) is 2.05. The molecule has 3 rings (SSSR count). The normalized spacial score (nSPS) is 10.9. The molecule has 0 atom stereocenters. The molecule has 0 aliphatic carbocycles. The molecule has 0 spiro atoms. The van der Waals surface area contributed by atoms with Crippen LogP contribution in [0.4, 0.5) is 4.39 Å². The van der Waals surface area contributed by atoms with Crippen LogP contribution in [0.2, 0.25) is 5.15 Å².